The van der Waals surface area contributed by atoms with Crippen LogP contribution in [0.15, 0.2) is 194 Å². The molecule has 0 aliphatic rings. The summed E-state index contributed by atoms with van der Waals surface area (Å²) in [5.41, 5.74) is 6.26. The second-order valence-corrected chi connectivity index (χ2v) is 16.7. The second kappa shape index (κ2) is 13.1. The molecule has 0 spiro atoms. The summed E-state index contributed by atoms with van der Waals surface area (Å²) >= 11 is 0. The van der Waals surface area contributed by atoms with Crippen molar-refractivity contribution in [3.63, 3.8) is 0 Å². The summed E-state index contributed by atoms with van der Waals surface area (Å²) in [6.07, 6.45) is 0. The van der Waals surface area contributed by atoms with Crippen molar-refractivity contribution < 1.29 is 0 Å². The normalized spacial score (nSPS) is 11.4. The quantitative estimate of drug-likeness (QED) is 0.126. The number of para-hydroxylation sites is 1. The lowest BCUT2D eigenvalue weighted by Crippen LogP contribution is -2.74. The summed E-state index contributed by atoms with van der Waals surface area (Å²) in [6.45, 7) is 0. The Bertz CT molecular complexity index is 2640. The van der Waals surface area contributed by atoms with Crippen LogP contribution in [-0.4, -0.2) is 22.6 Å². The van der Waals surface area contributed by atoms with Gasteiger partial charge in [-0.05, 0) is 51.1 Å². The molecule has 52 heavy (non-hydrogen) atoms. The summed E-state index contributed by atoms with van der Waals surface area (Å²) < 4.78 is 2.13. The maximum Gasteiger partial charge on any atom is 0.235 e. The third kappa shape index (κ3) is 5.22. The predicted molar refractivity (Wildman–Crippen MR) is 216 cm³/mol. The zero-order valence-corrected chi connectivity index (χ0v) is 29.3. The Morgan fingerprint density at radius 3 is 1.54 bits per heavy atom. The van der Waals surface area contributed by atoms with Crippen molar-refractivity contribution in [1.82, 2.24) is 14.5 Å². The van der Waals surface area contributed by atoms with Crippen LogP contribution in [0.3, 0.4) is 0 Å². The smallest absolute Gasteiger partial charge is 0.235 e. The topological polar surface area (TPSA) is 54.5 Å². The molecule has 0 N–H and O–H groups in total. The van der Waals surface area contributed by atoms with Gasteiger partial charge in [-0.15, -0.1) is 0 Å². The van der Waals surface area contributed by atoms with Crippen molar-refractivity contribution in [3.8, 4) is 34.5 Å². The molecular weight excluding hydrogens is 649 g/mol. The second-order valence-electron chi connectivity index (χ2n) is 12.9. The fourth-order valence-corrected chi connectivity index (χ4v) is 12.5. The van der Waals surface area contributed by atoms with Crippen LogP contribution in [-0.2, 0) is 0 Å². The minimum absolute atomic E-state index is 0.579. The molecule has 5 heteroatoms. The number of benzene rings is 7. The molecule has 0 saturated carbocycles. The predicted octanol–water partition coefficient (Wildman–Crippen LogP) is 8.16. The molecule has 7 aromatic carbocycles. The van der Waals surface area contributed by atoms with Crippen molar-refractivity contribution in [2.75, 3.05) is 0 Å². The highest BCUT2D eigenvalue weighted by Gasteiger charge is 2.41. The molecule has 9 rings (SSSR count). The molecule has 0 saturated heterocycles. The van der Waals surface area contributed by atoms with Crippen molar-refractivity contribution >= 4 is 50.6 Å². The minimum atomic E-state index is -2.77. The Balaban J connectivity index is 1.32. The van der Waals surface area contributed by atoms with Crippen LogP contribution in [0.2, 0.25) is 0 Å². The van der Waals surface area contributed by atoms with Crippen molar-refractivity contribution in [3.05, 3.63) is 200 Å². The molecule has 0 amide bonds. The highest BCUT2D eigenvalue weighted by molar-refractivity contribution is 7.19. The van der Waals surface area contributed by atoms with Gasteiger partial charge >= 0.3 is 0 Å². The molecule has 9 aromatic rings. The molecule has 0 aliphatic heterocycles. The van der Waals surface area contributed by atoms with E-state index in [9.17, 15) is 5.26 Å². The number of nitriles is 1. The Hall–Kier alpha value is -6.87. The first-order valence-electron chi connectivity index (χ1n) is 17.4. The van der Waals surface area contributed by atoms with Gasteiger partial charge in [-0.25, -0.2) is 9.97 Å². The molecule has 0 unspecified atom stereocenters. The molecule has 0 atom stereocenters. The van der Waals surface area contributed by atoms with Crippen LogP contribution in [0.1, 0.15) is 5.56 Å². The van der Waals surface area contributed by atoms with E-state index < -0.39 is 8.07 Å². The molecular formula is C47H32N4Si. The molecule has 0 aliphatic carbocycles. The highest BCUT2D eigenvalue weighted by atomic mass is 28.3. The lowest BCUT2D eigenvalue weighted by atomic mass is 10.1. The first kappa shape index (κ1) is 31.1. The molecule has 4 nitrogen and oxygen atoms in total. The van der Waals surface area contributed by atoms with Crippen LogP contribution in [0.5, 0.6) is 0 Å². The van der Waals surface area contributed by atoms with Gasteiger partial charge in [0.1, 0.15) is 0 Å². The zero-order valence-electron chi connectivity index (χ0n) is 28.3. The van der Waals surface area contributed by atoms with E-state index in [1.165, 1.54) is 20.7 Å². The Morgan fingerprint density at radius 1 is 0.423 bits per heavy atom. The molecule has 0 fully saturated rings. The number of rotatable bonds is 7. The van der Waals surface area contributed by atoms with E-state index >= 15 is 0 Å². The van der Waals surface area contributed by atoms with E-state index in [0.717, 1.165) is 44.3 Å². The lowest BCUT2D eigenvalue weighted by molar-refractivity contribution is 0.995. The van der Waals surface area contributed by atoms with Crippen LogP contribution in [0.25, 0.3) is 50.3 Å². The van der Waals surface area contributed by atoms with Crippen LogP contribution >= 0.6 is 0 Å². The lowest BCUT2D eigenvalue weighted by Gasteiger charge is -2.34. The zero-order chi connectivity index (χ0) is 34.9. The van der Waals surface area contributed by atoms with E-state index in [1.54, 1.807) is 0 Å². The first-order chi connectivity index (χ1) is 25.7. The largest absolute Gasteiger partial charge is 0.278 e. The van der Waals surface area contributed by atoms with Gasteiger partial charge < -0.3 is 0 Å². The van der Waals surface area contributed by atoms with Gasteiger partial charge in [0.25, 0.3) is 0 Å². The average Bonchev–Trinajstić information content (AvgIpc) is 3.56. The SMILES string of the molecule is N#Cc1ccc2c(c1)c1ccccc1n2-c1nc(-c2ccccc2)cc(-c2cccc([Si](c3ccccc3)(c3ccccc3)c3ccccc3)c2)n1. The van der Waals surface area contributed by atoms with Gasteiger partial charge in [-0.1, -0.05) is 164 Å². The standard InChI is InChI=1S/C47H32N4Si/c48-33-34-28-29-46-42(30-34)41-26-13-14-27-45(41)51(46)47-49-43(35-16-5-1-6-17-35)32-44(50-47)36-18-15-25-40(31-36)52(37-19-7-2-8-20-37,38-21-9-3-10-22-38)39-23-11-4-12-24-39/h1-32H. The molecule has 0 bridgehead atoms. The number of fused-ring (bicyclic) bond motifs is 3. The number of hydrogen-bond donors (Lipinski definition) is 0. The Morgan fingerprint density at radius 2 is 0.923 bits per heavy atom. The van der Waals surface area contributed by atoms with Gasteiger partial charge in [0.2, 0.25) is 5.95 Å². The maximum atomic E-state index is 9.74. The summed E-state index contributed by atoms with van der Waals surface area (Å²) in [5, 5.41) is 17.0. The van der Waals surface area contributed by atoms with Crippen molar-refractivity contribution in [1.29, 1.82) is 5.26 Å². The molecule has 244 valence electrons. The summed E-state index contributed by atoms with van der Waals surface area (Å²) in [5.74, 6) is 0.579. The number of hydrogen-bond acceptors (Lipinski definition) is 3. The molecule has 2 heterocycles. The molecule has 0 radical (unpaired) electrons. The molecule has 2 aromatic heterocycles. The number of aromatic nitrogens is 3. The fourth-order valence-electron chi connectivity index (χ4n) is 7.67. The third-order valence-electron chi connectivity index (χ3n) is 10.00. The summed E-state index contributed by atoms with van der Waals surface area (Å²) in [7, 11) is -2.77. The monoisotopic (exact) mass is 680 g/mol. The van der Waals surface area contributed by atoms with Gasteiger partial charge in [-0.3, -0.25) is 4.57 Å². The van der Waals surface area contributed by atoms with Gasteiger partial charge in [0.15, 0.2) is 8.07 Å². The fraction of sp³-hybridized carbons (Fsp3) is 0. The van der Waals surface area contributed by atoms with Crippen LogP contribution in [0.4, 0.5) is 0 Å². The minimum Gasteiger partial charge on any atom is -0.278 e. The maximum absolute atomic E-state index is 9.74. The van der Waals surface area contributed by atoms with E-state index in [0.29, 0.717) is 11.5 Å². The van der Waals surface area contributed by atoms with Crippen molar-refractivity contribution in [2.24, 2.45) is 0 Å². The van der Waals surface area contributed by atoms with Gasteiger partial charge in [0, 0.05) is 21.9 Å². The van der Waals surface area contributed by atoms with Crippen molar-refractivity contribution in [2.45, 2.75) is 0 Å². The van der Waals surface area contributed by atoms with Crippen LogP contribution < -0.4 is 20.7 Å². The van der Waals surface area contributed by atoms with Crippen LogP contribution in [0, 0.1) is 11.3 Å². The highest BCUT2D eigenvalue weighted by Crippen LogP contribution is 2.33. The Labute approximate surface area is 303 Å². The van der Waals surface area contributed by atoms with Gasteiger partial charge in [-0.2, -0.15) is 5.26 Å². The first-order valence-corrected chi connectivity index (χ1v) is 19.4. The van der Waals surface area contributed by atoms with Gasteiger partial charge in [0.05, 0.1) is 34.1 Å². The number of nitrogens with zero attached hydrogens (tertiary/aromatic N) is 4. The van der Waals surface area contributed by atoms with E-state index in [4.69, 9.17) is 9.97 Å². The van der Waals surface area contributed by atoms with E-state index in [-0.39, 0.29) is 0 Å². The van der Waals surface area contributed by atoms with E-state index in [2.05, 4.69) is 156 Å². The van der Waals surface area contributed by atoms with E-state index in [1.807, 2.05) is 48.5 Å². The summed E-state index contributed by atoms with van der Waals surface area (Å²) in [4.78, 5) is 10.6. The average molecular weight is 681 g/mol. The Kier molecular flexibility index (Phi) is 7.85. The third-order valence-corrected chi connectivity index (χ3v) is 14.8. The summed E-state index contributed by atoms with van der Waals surface area (Å²) in [6, 6.07) is 70.7.